The molecule has 0 heterocycles. The minimum Gasteiger partial charge on any atom is -0.462 e. The second-order valence-electron chi connectivity index (χ2n) is 6.84. The molecule has 0 saturated heterocycles. The molecule has 1 amide bonds. The lowest BCUT2D eigenvalue weighted by Gasteiger charge is -2.34. The standard InChI is InChI=1S/C21H31NO4/c1-4-25-20(23)19-14-10-9-13-18(19)16(3)22(21(24)26-5-2)15-17-11-7-6-8-12-17/h9-10,13-14,16-17H,4-8,11-12,15H2,1-3H3. The van der Waals surface area contributed by atoms with E-state index in [1.54, 1.807) is 17.9 Å². The van der Waals surface area contributed by atoms with E-state index in [1.165, 1.54) is 19.3 Å². The van der Waals surface area contributed by atoms with E-state index < -0.39 is 0 Å². The Kier molecular flexibility index (Phi) is 7.95. The Balaban J connectivity index is 2.26. The van der Waals surface area contributed by atoms with E-state index in [-0.39, 0.29) is 18.1 Å². The molecule has 1 aliphatic carbocycles. The van der Waals surface area contributed by atoms with Gasteiger partial charge in [0.2, 0.25) is 0 Å². The summed E-state index contributed by atoms with van der Waals surface area (Å²) in [6, 6.07) is 7.10. The minimum atomic E-state index is -0.351. The normalized spacial score (nSPS) is 16.0. The smallest absolute Gasteiger partial charge is 0.410 e. The molecular weight excluding hydrogens is 330 g/mol. The number of ether oxygens (including phenoxy) is 2. The molecule has 0 bridgehead atoms. The van der Waals surface area contributed by atoms with Crippen LogP contribution in [0.3, 0.4) is 0 Å². The van der Waals surface area contributed by atoms with Gasteiger partial charge in [0, 0.05) is 6.54 Å². The second kappa shape index (κ2) is 10.2. The molecule has 5 nitrogen and oxygen atoms in total. The Morgan fingerprint density at radius 2 is 1.73 bits per heavy atom. The highest BCUT2D eigenvalue weighted by Gasteiger charge is 2.29. The van der Waals surface area contributed by atoms with Crippen LogP contribution in [0.25, 0.3) is 0 Å². The number of hydrogen-bond acceptors (Lipinski definition) is 4. The van der Waals surface area contributed by atoms with E-state index in [4.69, 9.17) is 9.47 Å². The summed E-state index contributed by atoms with van der Waals surface area (Å²) in [7, 11) is 0. The van der Waals surface area contributed by atoms with Gasteiger partial charge in [0.15, 0.2) is 0 Å². The summed E-state index contributed by atoms with van der Waals surface area (Å²) < 4.78 is 10.5. The quantitative estimate of drug-likeness (QED) is 0.644. The first-order valence-corrected chi connectivity index (χ1v) is 9.77. The zero-order chi connectivity index (χ0) is 18.9. The van der Waals surface area contributed by atoms with Gasteiger partial charge >= 0.3 is 12.1 Å². The summed E-state index contributed by atoms with van der Waals surface area (Å²) in [5, 5.41) is 0. The van der Waals surface area contributed by atoms with Gasteiger partial charge in [-0.3, -0.25) is 0 Å². The van der Waals surface area contributed by atoms with Crippen molar-refractivity contribution < 1.29 is 19.1 Å². The van der Waals surface area contributed by atoms with Crippen LogP contribution in [0.15, 0.2) is 24.3 Å². The molecule has 144 valence electrons. The van der Waals surface area contributed by atoms with Gasteiger partial charge in [0.1, 0.15) is 0 Å². The molecule has 1 aliphatic rings. The van der Waals surface area contributed by atoms with Crippen LogP contribution < -0.4 is 0 Å². The molecule has 2 rings (SSSR count). The molecule has 1 saturated carbocycles. The lowest BCUT2D eigenvalue weighted by molar-refractivity contribution is 0.0517. The number of hydrogen-bond donors (Lipinski definition) is 0. The van der Waals surface area contributed by atoms with Crippen LogP contribution in [0.4, 0.5) is 4.79 Å². The van der Waals surface area contributed by atoms with Gasteiger partial charge in [-0.1, -0.05) is 37.5 Å². The molecule has 26 heavy (non-hydrogen) atoms. The number of esters is 1. The first kappa shape index (κ1) is 20.3. The van der Waals surface area contributed by atoms with Gasteiger partial charge in [-0.15, -0.1) is 0 Å². The number of amides is 1. The topological polar surface area (TPSA) is 55.8 Å². The van der Waals surface area contributed by atoms with Gasteiger partial charge < -0.3 is 14.4 Å². The van der Waals surface area contributed by atoms with Crippen LogP contribution in [0, 0.1) is 5.92 Å². The zero-order valence-electron chi connectivity index (χ0n) is 16.2. The first-order valence-electron chi connectivity index (χ1n) is 9.77. The van der Waals surface area contributed by atoms with E-state index in [2.05, 4.69) is 0 Å². The number of carbonyl (C=O) groups is 2. The number of rotatable bonds is 7. The largest absolute Gasteiger partial charge is 0.462 e. The Hall–Kier alpha value is -2.04. The van der Waals surface area contributed by atoms with E-state index in [1.807, 2.05) is 32.0 Å². The molecule has 1 fully saturated rings. The van der Waals surface area contributed by atoms with E-state index in [9.17, 15) is 9.59 Å². The van der Waals surface area contributed by atoms with Crippen LogP contribution in [0.1, 0.15) is 74.8 Å². The Labute approximate surface area is 156 Å². The lowest BCUT2D eigenvalue weighted by atomic mass is 9.88. The van der Waals surface area contributed by atoms with E-state index >= 15 is 0 Å². The maximum Gasteiger partial charge on any atom is 0.410 e. The summed E-state index contributed by atoms with van der Waals surface area (Å²) >= 11 is 0. The van der Waals surface area contributed by atoms with Gasteiger partial charge in [0.25, 0.3) is 0 Å². The highest BCUT2D eigenvalue weighted by Crippen LogP contribution is 2.30. The third kappa shape index (κ3) is 5.23. The van der Waals surface area contributed by atoms with Crippen molar-refractivity contribution in [1.82, 2.24) is 4.90 Å². The number of nitrogens with zero attached hydrogens (tertiary/aromatic N) is 1. The van der Waals surface area contributed by atoms with Gasteiger partial charge in [-0.2, -0.15) is 0 Å². The third-order valence-corrected chi connectivity index (χ3v) is 5.06. The molecule has 1 aromatic rings. The highest BCUT2D eigenvalue weighted by molar-refractivity contribution is 5.91. The SMILES string of the molecule is CCOC(=O)c1ccccc1C(C)N(CC1CCCCC1)C(=O)OCC. The fraction of sp³-hybridized carbons (Fsp3) is 0.619. The van der Waals surface area contributed by atoms with Gasteiger partial charge in [0.05, 0.1) is 24.8 Å². The van der Waals surface area contributed by atoms with Crippen LogP contribution >= 0.6 is 0 Å². The summed E-state index contributed by atoms with van der Waals surface area (Å²) in [5.74, 6) is 0.141. The van der Waals surface area contributed by atoms with E-state index in [0.29, 0.717) is 31.2 Å². The number of carbonyl (C=O) groups excluding carboxylic acids is 2. The molecule has 0 aromatic heterocycles. The summed E-state index contributed by atoms with van der Waals surface area (Å²) in [6.45, 7) is 6.89. The monoisotopic (exact) mass is 361 g/mol. The molecule has 5 heteroatoms. The molecule has 1 unspecified atom stereocenters. The molecule has 1 aromatic carbocycles. The van der Waals surface area contributed by atoms with Crippen molar-refractivity contribution in [3.8, 4) is 0 Å². The van der Waals surface area contributed by atoms with Crippen LogP contribution in [-0.4, -0.2) is 36.7 Å². The van der Waals surface area contributed by atoms with Crippen LogP contribution in [0.2, 0.25) is 0 Å². The molecule has 0 spiro atoms. The lowest BCUT2D eigenvalue weighted by Crippen LogP contribution is -2.39. The summed E-state index contributed by atoms with van der Waals surface area (Å²) in [6.07, 6.45) is 5.68. The average molecular weight is 361 g/mol. The van der Waals surface area contributed by atoms with E-state index in [0.717, 1.165) is 18.4 Å². The van der Waals surface area contributed by atoms with Crippen LogP contribution in [0.5, 0.6) is 0 Å². The maximum atomic E-state index is 12.6. The minimum absolute atomic E-state index is 0.253. The molecule has 0 radical (unpaired) electrons. The Bertz CT molecular complexity index is 595. The van der Waals surface area contributed by atoms with Gasteiger partial charge in [-0.05, 0) is 51.2 Å². The zero-order valence-corrected chi connectivity index (χ0v) is 16.2. The first-order chi connectivity index (χ1) is 12.6. The second-order valence-corrected chi connectivity index (χ2v) is 6.84. The fourth-order valence-corrected chi connectivity index (χ4v) is 3.67. The summed E-state index contributed by atoms with van der Waals surface area (Å²) in [4.78, 5) is 26.7. The molecule has 0 aliphatic heterocycles. The van der Waals surface area contributed by atoms with Crippen LogP contribution in [-0.2, 0) is 9.47 Å². The van der Waals surface area contributed by atoms with Crippen molar-refractivity contribution in [2.45, 2.75) is 58.9 Å². The molecule has 1 atom stereocenters. The maximum absolute atomic E-state index is 12.6. The highest BCUT2D eigenvalue weighted by atomic mass is 16.6. The van der Waals surface area contributed by atoms with Crippen molar-refractivity contribution >= 4 is 12.1 Å². The van der Waals surface area contributed by atoms with Crippen molar-refractivity contribution in [3.63, 3.8) is 0 Å². The fourth-order valence-electron chi connectivity index (χ4n) is 3.67. The Morgan fingerprint density at radius 1 is 1.08 bits per heavy atom. The van der Waals surface area contributed by atoms with Gasteiger partial charge in [-0.25, -0.2) is 9.59 Å². The molecular formula is C21H31NO4. The average Bonchev–Trinajstić information content (AvgIpc) is 2.66. The summed E-state index contributed by atoms with van der Waals surface area (Å²) in [5.41, 5.74) is 1.31. The number of benzene rings is 1. The van der Waals surface area contributed by atoms with Crippen molar-refractivity contribution in [3.05, 3.63) is 35.4 Å². The van der Waals surface area contributed by atoms with Crippen molar-refractivity contribution in [2.75, 3.05) is 19.8 Å². The Morgan fingerprint density at radius 3 is 2.38 bits per heavy atom. The third-order valence-electron chi connectivity index (χ3n) is 5.06. The van der Waals surface area contributed by atoms with Crippen molar-refractivity contribution in [2.24, 2.45) is 5.92 Å². The predicted octanol–water partition coefficient (Wildman–Crippen LogP) is 4.96. The predicted molar refractivity (Wildman–Crippen MR) is 101 cm³/mol. The molecule has 0 N–H and O–H groups in total. The van der Waals surface area contributed by atoms with Crippen molar-refractivity contribution in [1.29, 1.82) is 0 Å².